The maximum absolute atomic E-state index is 3.50. The van der Waals surface area contributed by atoms with Crippen molar-refractivity contribution in [1.29, 1.82) is 0 Å². The summed E-state index contributed by atoms with van der Waals surface area (Å²) in [7, 11) is 0. The molecule has 3 rings (SSSR count). The lowest BCUT2D eigenvalue weighted by atomic mass is 10.2. The number of nitrogens with one attached hydrogen (secondary N) is 2. The summed E-state index contributed by atoms with van der Waals surface area (Å²) in [6.07, 6.45) is 0. The lowest BCUT2D eigenvalue weighted by Gasteiger charge is -2.04. The summed E-state index contributed by atoms with van der Waals surface area (Å²) in [5.41, 5.74) is 2.66. The second-order valence-corrected chi connectivity index (χ2v) is 6.80. The third-order valence-corrected chi connectivity index (χ3v) is 4.74. The van der Waals surface area contributed by atoms with Crippen LogP contribution in [-0.2, 0) is 26.2 Å². The molecular weight excluding hydrogens is 300 g/mol. The van der Waals surface area contributed by atoms with Gasteiger partial charge in [-0.05, 0) is 23.3 Å². The van der Waals surface area contributed by atoms with Crippen LogP contribution in [0.3, 0.4) is 0 Å². The Morgan fingerprint density at radius 3 is 1.39 bits per heavy atom. The van der Waals surface area contributed by atoms with Crippen molar-refractivity contribution >= 4 is 11.3 Å². The van der Waals surface area contributed by atoms with Crippen LogP contribution in [0.4, 0.5) is 0 Å². The predicted octanol–water partition coefficient (Wildman–Crippen LogP) is 4.33. The molecule has 2 N–H and O–H groups in total. The fourth-order valence-corrected chi connectivity index (χ4v) is 3.42. The molecule has 1 heterocycles. The number of thiophene rings is 1. The van der Waals surface area contributed by atoms with Crippen LogP contribution in [-0.4, -0.2) is 0 Å². The maximum Gasteiger partial charge on any atom is 0.0303 e. The van der Waals surface area contributed by atoms with Gasteiger partial charge in [0.2, 0.25) is 0 Å². The Kier molecular flexibility index (Phi) is 5.98. The van der Waals surface area contributed by atoms with Crippen molar-refractivity contribution in [3.05, 3.63) is 93.7 Å². The van der Waals surface area contributed by atoms with E-state index in [1.54, 1.807) is 0 Å². The summed E-state index contributed by atoms with van der Waals surface area (Å²) >= 11 is 1.88. The monoisotopic (exact) mass is 322 g/mol. The highest BCUT2D eigenvalue weighted by molar-refractivity contribution is 7.11. The first-order valence-electron chi connectivity index (χ1n) is 7.97. The van der Waals surface area contributed by atoms with E-state index in [1.807, 2.05) is 11.3 Å². The average molecular weight is 322 g/mol. The molecule has 0 amide bonds. The third kappa shape index (κ3) is 5.32. The molecule has 118 valence electrons. The van der Waals surface area contributed by atoms with Crippen LogP contribution in [0.5, 0.6) is 0 Å². The fourth-order valence-electron chi connectivity index (χ4n) is 2.46. The predicted molar refractivity (Wildman–Crippen MR) is 98.3 cm³/mol. The van der Waals surface area contributed by atoms with E-state index < -0.39 is 0 Å². The SMILES string of the molecule is c1ccc(CNCc2ccc(CNCc3ccccc3)s2)cc1. The average Bonchev–Trinajstić information content (AvgIpc) is 3.05. The Bertz CT molecular complexity index is 632. The summed E-state index contributed by atoms with van der Waals surface area (Å²) in [5.74, 6) is 0. The van der Waals surface area contributed by atoms with Crippen molar-refractivity contribution in [2.45, 2.75) is 26.2 Å². The van der Waals surface area contributed by atoms with E-state index in [9.17, 15) is 0 Å². The largest absolute Gasteiger partial charge is 0.308 e. The zero-order valence-electron chi connectivity index (χ0n) is 13.2. The van der Waals surface area contributed by atoms with E-state index in [0.717, 1.165) is 26.2 Å². The quantitative estimate of drug-likeness (QED) is 0.645. The van der Waals surface area contributed by atoms with Crippen molar-refractivity contribution in [1.82, 2.24) is 10.6 Å². The van der Waals surface area contributed by atoms with Crippen LogP contribution in [0.15, 0.2) is 72.8 Å². The van der Waals surface area contributed by atoms with Crippen LogP contribution in [0.1, 0.15) is 20.9 Å². The van der Waals surface area contributed by atoms with Crippen LogP contribution < -0.4 is 10.6 Å². The molecule has 0 saturated carbocycles. The normalized spacial score (nSPS) is 10.8. The van der Waals surface area contributed by atoms with Gasteiger partial charge in [-0.1, -0.05) is 60.7 Å². The van der Waals surface area contributed by atoms with E-state index in [0.29, 0.717) is 0 Å². The minimum absolute atomic E-state index is 0.917. The van der Waals surface area contributed by atoms with E-state index in [-0.39, 0.29) is 0 Å². The van der Waals surface area contributed by atoms with Gasteiger partial charge < -0.3 is 10.6 Å². The molecule has 0 unspecified atom stereocenters. The minimum atomic E-state index is 0.917. The molecule has 23 heavy (non-hydrogen) atoms. The second kappa shape index (κ2) is 8.63. The highest BCUT2D eigenvalue weighted by Gasteiger charge is 2.00. The second-order valence-electron chi connectivity index (χ2n) is 5.55. The molecule has 0 aliphatic heterocycles. The molecule has 0 bridgehead atoms. The molecule has 2 aromatic carbocycles. The van der Waals surface area contributed by atoms with Crippen molar-refractivity contribution in [2.75, 3.05) is 0 Å². The Morgan fingerprint density at radius 1 is 0.522 bits per heavy atom. The Morgan fingerprint density at radius 2 is 0.957 bits per heavy atom. The molecule has 3 heteroatoms. The van der Waals surface area contributed by atoms with Gasteiger partial charge in [-0.2, -0.15) is 0 Å². The zero-order valence-corrected chi connectivity index (χ0v) is 14.0. The molecule has 2 nitrogen and oxygen atoms in total. The van der Waals surface area contributed by atoms with Gasteiger partial charge >= 0.3 is 0 Å². The Labute approximate surface area is 142 Å². The lowest BCUT2D eigenvalue weighted by Crippen LogP contribution is -2.12. The molecule has 0 radical (unpaired) electrons. The molecule has 0 atom stereocenters. The molecule has 1 aromatic heterocycles. The zero-order chi connectivity index (χ0) is 15.7. The summed E-state index contributed by atoms with van der Waals surface area (Å²) in [4.78, 5) is 2.77. The summed E-state index contributed by atoms with van der Waals surface area (Å²) < 4.78 is 0. The number of benzene rings is 2. The van der Waals surface area contributed by atoms with Gasteiger partial charge in [0, 0.05) is 35.9 Å². The van der Waals surface area contributed by atoms with Crippen molar-refractivity contribution in [3.8, 4) is 0 Å². The summed E-state index contributed by atoms with van der Waals surface area (Å²) in [6, 6.07) is 25.5. The van der Waals surface area contributed by atoms with Gasteiger partial charge in [0.25, 0.3) is 0 Å². The topological polar surface area (TPSA) is 24.1 Å². The first kappa shape index (κ1) is 15.9. The maximum atomic E-state index is 3.50. The van der Waals surface area contributed by atoms with Gasteiger partial charge in [-0.15, -0.1) is 11.3 Å². The smallest absolute Gasteiger partial charge is 0.0303 e. The number of rotatable bonds is 8. The molecule has 0 fully saturated rings. The van der Waals surface area contributed by atoms with Crippen LogP contribution >= 0.6 is 11.3 Å². The molecule has 0 aliphatic rings. The molecule has 0 aliphatic carbocycles. The van der Waals surface area contributed by atoms with E-state index in [2.05, 4.69) is 83.4 Å². The van der Waals surface area contributed by atoms with Crippen molar-refractivity contribution < 1.29 is 0 Å². The van der Waals surface area contributed by atoms with Gasteiger partial charge in [0.15, 0.2) is 0 Å². The van der Waals surface area contributed by atoms with E-state index in [4.69, 9.17) is 0 Å². The highest BCUT2D eigenvalue weighted by atomic mass is 32.1. The molecular formula is C20H22N2S. The van der Waals surface area contributed by atoms with Gasteiger partial charge in [-0.25, -0.2) is 0 Å². The third-order valence-electron chi connectivity index (χ3n) is 3.66. The molecule has 0 spiro atoms. The van der Waals surface area contributed by atoms with Crippen molar-refractivity contribution in [3.63, 3.8) is 0 Å². The van der Waals surface area contributed by atoms with Crippen LogP contribution in [0.25, 0.3) is 0 Å². The van der Waals surface area contributed by atoms with Gasteiger partial charge in [0.1, 0.15) is 0 Å². The molecule has 0 saturated heterocycles. The highest BCUT2D eigenvalue weighted by Crippen LogP contribution is 2.16. The molecule has 3 aromatic rings. The Hall–Kier alpha value is -1.94. The van der Waals surface area contributed by atoms with Gasteiger partial charge in [-0.3, -0.25) is 0 Å². The first-order valence-corrected chi connectivity index (χ1v) is 8.79. The van der Waals surface area contributed by atoms with Crippen molar-refractivity contribution in [2.24, 2.45) is 0 Å². The first-order chi connectivity index (χ1) is 11.4. The number of hydrogen-bond acceptors (Lipinski definition) is 3. The van der Waals surface area contributed by atoms with Crippen LogP contribution in [0, 0.1) is 0 Å². The minimum Gasteiger partial charge on any atom is -0.308 e. The van der Waals surface area contributed by atoms with Gasteiger partial charge in [0.05, 0.1) is 0 Å². The summed E-state index contributed by atoms with van der Waals surface area (Å²) in [5, 5.41) is 7.01. The lowest BCUT2D eigenvalue weighted by molar-refractivity contribution is 0.700. The Balaban J connectivity index is 1.39. The summed E-state index contributed by atoms with van der Waals surface area (Å²) in [6.45, 7) is 3.69. The fraction of sp³-hybridized carbons (Fsp3) is 0.200. The van der Waals surface area contributed by atoms with Crippen LogP contribution in [0.2, 0.25) is 0 Å². The van der Waals surface area contributed by atoms with E-state index in [1.165, 1.54) is 20.9 Å². The number of hydrogen-bond donors (Lipinski definition) is 2. The standard InChI is InChI=1S/C20H22N2S/c1-3-7-17(8-4-1)13-21-15-19-11-12-20(23-19)16-22-14-18-9-5-2-6-10-18/h1-12,21-22H,13-16H2. The van der Waals surface area contributed by atoms with E-state index >= 15 is 0 Å².